The zero-order valence-electron chi connectivity index (χ0n) is 7.05. The van der Waals surface area contributed by atoms with Crippen molar-refractivity contribution in [3.8, 4) is 0 Å². The van der Waals surface area contributed by atoms with Crippen LogP contribution in [0, 0.1) is 17.8 Å². The van der Waals surface area contributed by atoms with Crippen LogP contribution in [0.4, 0.5) is 0 Å². The third-order valence-electron chi connectivity index (χ3n) is 3.05. The summed E-state index contributed by atoms with van der Waals surface area (Å²) in [5.41, 5.74) is 5.32. The predicted octanol–water partition coefficient (Wildman–Crippen LogP) is -1.47. The Morgan fingerprint density at radius 1 is 1.17 bits per heavy atom. The molecular weight excluding hydrogens is 154 g/mol. The van der Waals surface area contributed by atoms with Crippen LogP contribution in [-0.4, -0.2) is 32.1 Å². The van der Waals surface area contributed by atoms with Crippen LogP contribution in [0.15, 0.2) is 0 Å². The van der Waals surface area contributed by atoms with Gasteiger partial charge in [0, 0.05) is 6.54 Å². The lowest BCUT2D eigenvalue weighted by molar-refractivity contribution is -0.124. The monoisotopic (exact) mass is 169 g/mol. The molecule has 0 radical (unpaired) electrons. The number of nitrogens with two attached hydrogens (primary N) is 1. The van der Waals surface area contributed by atoms with Crippen LogP contribution in [0.5, 0.6) is 0 Å². The summed E-state index contributed by atoms with van der Waals surface area (Å²) in [7, 11) is 0. The lowest BCUT2D eigenvalue weighted by Gasteiger charge is -2.31. The second-order valence-electron chi connectivity index (χ2n) is 3.75. The summed E-state index contributed by atoms with van der Waals surface area (Å²) in [6.45, 7) is 3.78. The van der Waals surface area contributed by atoms with E-state index in [1.807, 2.05) is 0 Å². The number of carbonyl (C=O) groups excluding carboxylic acids is 1. The van der Waals surface area contributed by atoms with E-state index in [9.17, 15) is 4.79 Å². The minimum atomic E-state index is -0.152. The van der Waals surface area contributed by atoms with Crippen LogP contribution in [-0.2, 0) is 4.79 Å². The van der Waals surface area contributed by atoms with Crippen LogP contribution >= 0.6 is 0 Å². The zero-order chi connectivity index (χ0) is 8.55. The Hall–Kier alpha value is -0.610. The Morgan fingerprint density at radius 2 is 1.83 bits per heavy atom. The highest BCUT2D eigenvalue weighted by Gasteiger charge is 2.38. The van der Waals surface area contributed by atoms with Gasteiger partial charge in [-0.25, -0.2) is 0 Å². The van der Waals surface area contributed by atoms with Gasteiger partial charge in [0.1, 0.15) is 0 Å². The van der Waals surface area contributed by atoms with Gasteiger partial charge in [0.2, 0.25) is 5.91 Å². The maximum Gasteiger partial charge on any atom is 0.222 e. The lowest BCUT2D eigenvalue weighted by atomic mass is 9.80. The van der Waals surface area contributed by atoms with E-state index in [0.717, 1.165) is 26.2 Å². The molecule has 0 saturated carbocycles. The smallest absolute Gasteiger partial charge is 0.222 e. The van der Waals surface area contributed by atoms with E-state index in [0.29, 0.717) is 11.8 Å². The highest BCUT2D eigenvalue weighted by atomic mass is 16.1. The first-order chi connectivity index (χ1) is 5.79. The molecule has 0 aromatic heterocycles. The number of nitrogens with one attached hydrogen (secondary N) is 2. The van der Waals surface area contributed by atoms with Gasteiger partial charge in [-0.05, 0) is 31.5 Å². The van der Waals surface area contributed by atoms with E-state index in [1.54, 1.807) is 0 Å². The molecule has 2 fully saturated rings. The number of rotatable bonds is 1. The fourth-order valence-corrected chi connectivity index (χ4v) is 2.33. The standard InChI is InChI=1S/C8H15N3O/c9-8(12)7-4-11-2-5-1-10-3-6(5)7/h5-7,10-11H,1-4H2,(H2,9,12). The Labute approximate surface area is 71.9 Å². The van der Waals surface area contributed by atoms with E-state index in [-0.39, 0.29) is 11.8 Å². The Kier molecular flexibility index (Phi) is 2.02. The summed E-state index contributed by atoms with van der Waals surface area (Å²) in [6, 6.07) is 0. The van der Waals surface area contributed by atoms with Crippen molar-refractivity contribution in [3.05, 3.63) is 0 Å². The molecule has 2 aliphatic heterocycles. The number of amides is 1. The minimum Gasteiger partial charge on any atom is -0.369 e. The number of carbonyl (C=O) groups is 1. The molecule has 1 amide bonds. The molecule has 2 saturated heterocycles. The fraction of sp³-hybridized carbons (Fsp3) is 0.875. The molecule has 2 aliphatic rings. The first-order valence-electron chi connectivity index (χ1n) is 4.50. The highest BCUT2D eigenvalue weighted by molar-refractivity contribution is 5.77. The lowest BCUT2D eigenvalue weighted by Crippen LogP contribution is -2.48. The Bertz CT molecular complexity index is 195. The summed E-state index contributed by atoms with van der Waals surface area (Å²) in [5.74, 6) is 0.972. The number of hydrogen-bond donors (Lipinski definition) is 3. The molecule has 2 rings (SSSR count). The number of fused-ring (bicyclic) bond motifs is 1. The molecule has 0 bridgehead atoms. The Morgan fingerprint density at radius 3 is 2.50 bits per heavy atom. The van der Waals surface area contributed by atoms with Gasteiger partial charge >= 0.3 is 0 Å². The second kappa shape index (κ2) is 3.03. The van der Waals surface area contributed by atoms with E-state index < -0.39 is 0 Å². The molecule has 3 unspecified atom stereocenters. The first kappa shape index (κ1) is 8.01. The van der Waals surface area contributed by atoms with Crippen LogP contribution in [0.3, 0.4) is 0 Å². The largest absolute Gasteiger partial charge is 0.369 e. The third kappa shape index (κ3) is 1.21. The molecular formula is C8H15N3O. The van der Waals surface area contributed by atoms with Crippen LogP contribution in [0.25, 0.3) is 0 Å². The highest BCUT2D eigenvalue weighted by Crippen LogP contribution is 2.27. The van der Waals surface area contributed by atoms with Crippen molar-refractivity contribution in [3.63, 3.8) is 0 Å². The quantitative estimate of drug-likeness (QED) is 0.449. The van der Waals surface area contributed by atoms with Crippen molar-refractivity contribution in [2.24, 2.45) is 23.5 Å². The zero-order valence-corrected chi connectivity index (χ0v) is 7.05. The average Bonchev–Trinajstić information content (AvgIpc) is 2.49. The SMILES string of the molecule is NC(=O)C1CNCC2CNCC21. The van der Waals surface area contributed by atoms with E-state index in [2.05, 4.69) is 10.6 Å². The average molecular weight is 169 g/mol. The molecule has 0 aliphatic carbocycles. The summed E-state index contributed by atoms with van der Waals surface area (Å²) in [4.78, 5) is 11.1. The van der Waals surface area contributed by atoms with Gasteiger partial charge < -0.3 is 16.4 Å². The Balaban J connectivity index is 2.08. The van der Waals surface area contributed by atoms with Crippen LogP contribution < -0.4 is 16.4 Å². The summed E-state index contributed by atoms with van der Waals surface area (Å²) < 4.78 is 0. The third-order valence-corrected chi connectivity index (χ3v) is 3.05. The molecule has 2 heterocycles. The molecule has 0 spiro atoms. The maximum absolute atomic E-state index is 11.1. The molecule has 4 nitrogen and oxygen atoms in total. The van der Waals surface area contributed by atoms with Gasteiger partial charge in [-0.3, -0.25) is 4.79 Å². The number of piperidine rings is 1. The summed E-state index contributed by atoms with van der Waals surface area (Å²) in [5, 5.41) is 6.55. The van der Waals surface area contributed by atoms with Crippen molar-refractivity contribution in [1.82, 2.24) is 10.6 Å². The van der Waals surface area contributed by atoms with Crippen molar-refractivity contribution < 1.29 is 4.79 Å². The van der Waals surface area contributed by atoms with E-state index in [4.69, 9.17) is 5.73 Å². The molecule has 3 atom stereocenters. The molecule has 0 aromatic carbocycles. The first-order valence-corrected chi connectivity index (χ1v) is 4.50. The van der Waals surface area contributed by atoms with Crippen LogP contribution in [0.1, 0.15) is 0 Å². The van der Waals surface area contributed by atoms with Crippen molar-refractivity contribution in [2.75, 3.05) is 26.2 Å². The van der Waals surface area contributed by atoms with Gasteiger partial charge in [0.25, 0.3) is 0 Å². The van der Waals surface area contributed by atoms with Crippen molar-refractivity contribution >= 4 is 5.91 Å². The molecule has 12 heavy (non-hydrogen) atoms. The molecule has 4 heteroatoms. The van der Waals surface area contributed by atoms with Gasteiger partial charge in [-0.1, -0.05) is 0 Å². The van der Waals surface area contributed by atoms with Gasteiger partial charge in [-0.15, -0.1) is 0 Å². The maximum atomic E-state index is 11.1. The predicted molar refractivity (Wildman–Crippen MR) is 45.4 cm³/mol. The van der Waals surface area contributed by atoms with Gasteiger partial charge in [0.15, 0.2) is 0 Å². The minimum absolute atomic E-state index is 0.0405. The molecule has 68 valence electrons. The molecule has 0 aromatic rings. The van der Waals surface area contributed by atoms with Crippen molar-refractivity contribution in [2.45, 2.75) is 0 Å². The second-order valence-corrected chi connectivity index (χ2v) is 3.75. The number of hydrogen-bond acceptors (Lipinski definition) is 3. The van der Waals surface area contributed by atoms with Gasteiger partial charge in [-0.2, -0.15) is 0 Å². The number of primary amides is 1. The van der Waals surface area contributed by atoms with E-state index >= 15 is 0 Å². The normalized spacial score (nSPS) is 40.8. The molecule has 4 N–H and O–H groups in total. The topological polar surface area (TPSA) is 67.2 Å². The van der Waals surface area contributed by atoms with E-state index in [1.165, 1.54) is 0 Å². The van der Waals surface area contributed by atoms with Gasteiger partial charge in [0.05, 0.1) is 5.92 Å². The summed E-state index contributed by atoms with van der Waals surface area (Å²) in [6.07, 6.45) is 0. The van der Waals surface area contributed by atoms with Crippen molar-refractivity contribution in [1.29, 1.82) is 0 Å². The fourth-order valence-electron chi connectivity index (χ4n) is 2.33. The summed E-state index contributed by atoms with van der Waals surface area (Å²) >= 11 is 0. The van der Waals surface area contributed by atoms with Crippen LogP contribution in [0.2, 0.25) is 0 Å².